The molecule has 1 N–H and O–H groups in total. The molecule has 116 valence electrons. The van der Waals surface area contributed by atoms with Gasteiger partial charge in [-0.3, -0.25) is 0 Å². The van der Waals surface area contributed by atoms with Crippen molar-refractivity contribution in [3.63, 3.8) is 0 Å². The van der Waals surface area contributed by atoms with E-state index in [-0.39, 0.29) is 35.6 Å². The van der Waals surface area contributed by atoms with E-state index in [4.69, 9.17) is 20.4 Å². The third-order valence-electron chi connectivity index (χ3n) is 5.23. The van der Waals surface area contributed by atoms with Gasteiger partial charge in [-0.05, 0) is 37.9 Å². The van der Waals surface area contributed by atoms with Gasteiger partial charge in [0.25, 0.3) is 0 Å². The third-order valence-corrected chi connectivity index (χ3v) is 5.23. The van der Waals surface area contributed by atoms with Crippen LogP contribution < -0.4 is 9.47 Å². The van der Waals surface area contributed by atoms with E-state index in [1.807, 2.05) is 0 Å². The molecule has 2 unspecified atom stereocenters. The van der Waals surface area contributed by atoms with Crippen molar-refractivity contribution in [2.24, 2.45) is 5.92 Å². The number of piperidine rings is 1. The molecule has 1 fully saturated rings. The normalized spacial score (nSPS) is 56.5. The van der Waals surface area contributed by atoms with E-state index in [1.54, 1.807) is 0 Å². The summed E-state index contributed by atoms with van der Waals surface area (Å²) in [6.07, 6.45) is -3.69. The van der Waals surface area contributed by atoms with Gasteiger partial charge in [-0.25, -0.2) is 0 Å². The van der Waals surface area contributed by atoms with Gasteiger partial charge in [0.2, 0.25) is 0 Å². The Kier molecular flexibility index (Phi) is 1.28. The molecule has 0 amide bonds. The van der Waals surface area contributed by atoms with E-state index in [2.05, 4.69) is 0 Å². The van der Waals surface area contributed by atoms with Crippen LogP contribution in [0.3, 0.4) is 0 Å². The van der Waals surface area contributed by atoms with Crippen molar-refractivity contribution >= 4 is 0 Å². The zero-order valence-corrected chi connectivity index (χ0v) is 11.9. The SMILES string of the molecule is [2H]c1c([2H])c2c3c(c1OC)OC1C([2H])(O)C=C[C@@H]4[C@@]31CCN(C([2H])([2H])[2H])[C@]4([2H])C2([2H])[2H]. The monoisotopic (exact) mass is 308 g/mol. The van der Waals surface area contributed by atoms with E-state index >= 15 is 0 Å². The standard InChI is InChI=1S/C18H21NO3/c1-19-8-7-18-11-4-5-13(20)17(18)22-16-14(21-2)6-3-10(15(16)18)9-12(11)19/h3-6,11-13,17,20H,7-9H2,1-2H3/t11-,12+,13?,17?,18-/m0/s1/i1D3,3D,6D,9D2,12D,13D. The molecule has 4 heteroatoms. The molecule has 1 aromatic rings. The van der Waals surface area contributed by atoms with E-state index < -0.39 is 55.0 Å². The predicted octanol–water partition coefficient (Wildman–Crippen LogP) is 1.50. The number of ether oxygens (including phenoxy) is 2. The summed E-state index contributed by atoms with van der Waals surface area (Å²) in [4.78, 5) is 0.819. The predicted molar refractivity (Wildman–Crippen MR) is 82.5 cm³/mol. The molecule has 5 rings (SSSR count). The third kappa shape index (κ3) is 1.28. The van der Waals surface area contributed by atoms with Gasteiger partial charge in [0.15, 0.2) is 11.5 Å². The maximum atomic E-state index is 10.8. The molecule has 2 aliphatic carbocycles. The van der Waals surface area contributed by atoms with E-state index in [0.29, 0.717) is 0 Å². The van der Waals surface area contributed by atoms with Crippen LogP contribution in [0, 0.1) is 5.92 Å². The number of methoxy groups -OCH3 is 1. The highest BCUT2D eigenvalue weighted by Crippen LogP contribution is 2.62. The van der Waals surface area contributed by atoms with Gasteiger partial charge in [0.05, 0.1) is 11.2 Å². The number of benzene rings is 1. The van der Waals surface area contributed by atoms with Crippen molar-refractivity contribution in [2.45, 2.75) is 36.4 Å². The Hall–Kier alpha value is -1.52. The van der Waals surface area contributed by atoms with Crippen molar-refractivity contribution < 1.29 is 26.9 Å². The van der Waals surface area contributed by atoms with Crippen molar-refractivity contribution in [3.8, 4) is 11.5 Å². The second kappa shape index (κ2) is 4.06. The number of aliphatic hydroxyl groups is 1. The van der Waals surface area contributed by atoms with Crippen molar-refractivity contribution in [3.05, 3.63) is 35.4 Å². The van der Waals surface area contributed by atoms with E-state index in [9.17, 15) is 6.48 Å². The molecule has 4 aliphatic rings. The van der Waals surface area contributed by atoms with Crippen LogP contribution in [-0.4, -0.2) is 48.8 Å². The summed E-state index contributed by atoms with van der Waals surface area (Å²) in [6, 6.07) is -3.37. The van der Waals surface area contributed by atoms with Gasteiger partial charge < -0.3 is 19.5 Å². The molecule has 5 atom stereocenters. The van der Waals surface area contributed by atoms with Gasteiger partial charge in [-0.2, -0.15) is 0 Å². The Morgan fingerprint density at radius 1 is 1.59 bits per heavy atom. The lowest BCUT2D eigenvalue weighted by Crippen LogP contribution is -2.64. The fraction of sp³-hybridized carbons (Fsp3) is 0.556. The topological polar surface area (TPSA) is 41.9 Å². The number of rotatable bonds is 1. The number of likely N-dealkylation sites (N-methyl/N-ethyl adjacent to an activating group) is 1. The first-order chi connectivity index (χ1) is 14.2. The van der Waals surface area contributed by atoms with Crippen LogP contribution in [0.15, 0.2) is 24.2 Å². The van der Waals surface area contributed by atoms with Crippen molar-refractivity contribution in [1.82, 2.24) is 4.90 Å². The van der Waals surface area contributed by atoms with Crippen molar-refractivity contribution in [1.29, 1.82) is 0 Å². The average molecular weight is 308 g/mol. The van der Waals surface area contributed by atoms with Crippen LogP contribution in [0.4, 0.5) is 0 Å². The summed E-state index contributed by atoms with van der Waals surface area (Å²) in [5.41, 5.74) is -1.42. The quantitative estimate of drug-likeness (QED) is 0.799. The second-order valence-corrected chi connectivity index (χ2v) is 6.07. The minimum absolute atomic E-state index is 0.0175. The number of hydrogen-bond acceptors (Lipinski definition) is 4. The second-order valence-electron chi connectivity index (χ2n) is 6.07. The fourth-order valence-corrected chi connectivity index (χ4v) is 4.32. The molecule has 2 aliphatic heterocycles. The lowest BCUT2D eigenvalue weighted by Gasteiger charge is -2.56. The summed E-state index contributed by atoms with van der Waals surface area (Å²) >= 11 is 0. The number of nitrogens with zero attached hydrogens (tertiary/aromatic N) is 1. The molecule has 2 bridgehead atoms. The molecular formula is C18H21NO3. The Bertz CT molecular complexity index is 1040. The molecule has 0 aromatic heterocycles. The average Bonchev–Trinajstić information content (AvgIpc) is 2.96. The lowest BCUT2D eigenvalue weighted by atomic mass is 9.53. The van der Waals surface area contributed by atoms with Gasteiger partial charge in [-0.1, -0.05) is 18.2 Å². The molecular weight excluding hydrogens is 278 g/mol. The van der Waals surface area contributed by atoms with Crippen LogP contribution in [0.2, 0.25) is 0 Å². The molecule has 0 radical (unpaired) electrons. The molecule has 4 nitrogen and oxygen atoms in total. The highest BCUT2D eigenvalue weighted by Gasteiger charge is 2.64. The molecule has 2 heterocycles. The summed E-state index contributed by atoms with van der Waals surface area (Å²) in [5.74, 6) is -1.21. The van der Waals surface area contributed by atoms with E-state index in [1.165, 1.54) is 13.2 Å². The van der Waals surface area contributed by atoms with E-state index in [0.717, 1.165) is 11.0 Å². The molecule has 0 saturated carbocycles. The first-order valence-corrected chi connectivity index (χ1v) is 7.25. The Morgan fingerprint density at radius 2 is 2.50 bits per heavy atom. The largest absolute Gasteiger partial charge is 0.493 e. The maximum absolute atomic E-state index is 10.8. The minimum atomic E-state index is -2.80. The van der Waals surface area contributed by atoms with Gasteiger partial charge in [0.1, 0.15) is 12.2 Å². The van der Waals surface area contributed by atoms with Gasteiger partial charge in [0, 0.05) is 31.1 Å². The molecule has 1 saturated heterocycles. The highest BCUT2D eigenvalue weighted by atomic mass is 16.5. The highest BCUT2D eigenvalue weighted by molar-refractivity contribution is 5.62. The maximum Gasteiger partial charge on any atom is 0.165 e. The minimum Gasteiger partial charge on any atom is -0.493 e. The summed E-state index contributed by atoms with van der Waals surface area (Å²) in [7, 11) is 1.28. The lowest BCUT2D eigenvalue weighted by molar-refractivity contribution is -0.0453. The van der Waals surface area contributed by atoms with Crippen LogP contribution in [-0.2, 0) is 11.8 Å². The summed E-state index contributed by atoms with van der Waals surface area (Å²) < 4.78 is 87.7. The zero-order chi connectivity index (χ0) is 22.9. The Labute approximate surface area is 143 Å². The summed E-state index contributed by atoms with van der Waals surface area (Å²) in [5, 5.41) is 10.8. The van der Waals surface area contributed by atoms with Gasteiger partial charge in [-0.15, -0.1) is 0 Å². The summed E-state index contributed by atoms with van der Waals surface area (Å²) in [6.45, 7) is -3.00. The van der Waals surface area contributed by atoms with Crippen LogP contribution in [0.25, 0.3) is 0 Å². The molecule has 22 heavy (non-hydrogen) atoms. The Morgan fingerprint density at radius 3 is 3.32 bits per heavy atom. The first kappa shape index (κ1) is 6.93. The smallest absolute Gasteiger partial charge is 0.165 e. The molecule has 1 aromatic carbocycles. The molecule has 1 spiro atoms. The number of hydrogen-bond donors (Lipinski definition) is 1. The van der Waals surface area contributed by atoms with Crippen molar-refractivity contribution in [2.75, 3.05) is 20.6 Å². The van der Waals surface area contributed by atoms with Crippen LogP contribution in [0.5, 0.6) is 11.5 Å². The Balaban J connectivity index is 1.97. The van der Waals surface area contributed by atoms with Gasteiger partial charge >= 0.3 is 0 Å². The zero-order valence-electron chi connectivity index (χ0n) is 20.9. The number of likely N-dealkylation sites (tertiary alicyclic amines) is 1. The fourth-order valence-electron chi connectivity index (χ4n) is 4.32. The first-order valence-electron chi connectivity index (χ1n) is 11.8. The van der Waals surface area contributed by atoms with Crippen LogP contribution in [0.1, 0.15) is 29.9 Å². The van der Waals surface area contributed by atoms with Crippen LogP contribution >= 0.6 is 0 Å².